The molecule has 9 heteroatoms. The van der Waals surface area contributed by atoms with Crippen LogP contribution in [-0.2, 0) is 14.8 Å². The lowest BCUT2D eigenvalue weighted by molar-refractivity contribution is -0.123. The average molecular weight is 459 g/mol. The van der Waals surface area contributed by atoms with E-state index in [-0.39, 0.29) is 23.5 Å². The van der Waals surface area contributed by atoms with Gasteiger partial charge in [-0.3, -0.25) is 4.79 Å². The molecule has 2 aromatic carbocycles. The molecule has 0 radical (unpaired) electrons. The van der Waals surface area contributed by atoms with Crippen molar-refractivity contribution in [2.45, 2.75) is 31.7 Å². The van der Waals surface area contributed by atoms with Crippen LogP contribution in [0.3, 0.4) is 0 Å². The number of rotatable bonds is 9. The number of nitrogens with one attached hydrogen (secondary N) is 1. The van der Waals surface area contributed by atoms with Gasteiger partial charge in [-0.25, -0.2) is 8.42 Å². The highest BCUT2D eigenvalue weighted by Gasteiger charge is 2.21. The molecular weight excluding hydrogens is 435 g/mol. The van der Waals surface area contributed by atoms with Crippen molar-refractivity contribution in [2.24, 2.45) is 0 Å². The summed E-state index contributed by atoms with van der Waals surface area (Å²) >= 11 is 11.8. The van der Waals surface area contributed by atoms with Gasteiger partial charge in [0.05, 0.1) is 16.0 Å². The van der Waals surface area contributed by atoms with Gasteiger partial charge < -0.3 is 10.1 Å². The van der Waals surface area contributed by atoms with Crippen molar-refractivity contribution < 1.29 is 17.9 Å². The van der Waals surface area contributed by atoms with Gasteiger partial charge in [-0.05, 0) is 42.8 Å². The third-order valence-electron chi connectivity index (χ3n) is 4.35. The first-order chi connectivity index (χ1) is 13.7. The molecule has 1 N–H and O–H groups in total. The third kappa shape index (κ3) is 6.09. The summed E-state index contributed by atoms with van der Waals surface area (Å²) in [5.41, 5.74) is 0.779. The Balaban J connectivity index is 1.98. The van der Waals surface area contributed by atoms with Gasteiger partial charge in [-0.1, -0.05) is 49.2 Å². The largest absolute Gasteiger partial charge is 0.482 e. The van der Waals surface area contributed by atoms with Gasteiger partial charge in [0.25, 0.3) is 5.91 Å². The molecule has 0 bridgehead atoms. The van der Waals surface area contributed by atoms with Crippen molar-refractivity contribution in [1.29, 1.82) is 0 Å². The van der Waals surface area contributed by atoms with E-state index < -0.39 is 10.0 Å². The molecule has 0 saturated heterocycles. The van der Waals surface area contributed by atoms with Crippen molar-refractivity contribution in [1.82, 2.24) is 9.62 Å². The zero-order valence-electron chi connectivity index (χ0n) is 16.5. The Labute approximate surface area is 181 Å². The zero-order valence-corrected chi connectivity index (χ0v) is 18.8. The third-order valence-corrected chi connectivity index (χ3v) is 6.95. The fraction of sp³-hybridized carbons (Fsp3) is 0.350. The second-order valence-electron chi connectivity index (χ2n) is 6.31. The summed E-state index contributed by atoms with van der Waals surface area (Å²) in [7, 11) is -3.51. The van der Waals surface area contributed by atoms with Crippen LogP contribution in [0.2, 0.25) is 10.0 Å². The summed E-state index contributed by atoms with van der Waals surface area (Å²) in [5.74, 6) is 0.0354. The summed E-state index contributed by atoms with van der Waals surface area (Å²) in [4.78, 5) is 12.4. The zero-order chi connectivity index (χ0) is 21.6. The molecule has 2 rings (SSSR count). The highest BCUT2D eigenvalue weighted by Crippen LogP contribution is 2.27. The van der Waals surface area contributed by atoms with E-state index in [1.165, 1.54) is 10.4 Å². The monoisotopic (exact) mass is 458 g/mol. The second kappa shape index (κ2) is 10.3. The van der Waals surface area contributed by atoms with Crippen molar-refractivity contribution in [3.8, 4) is 5.75 Å². The van der Waals surface area contributed by atoms with E-state index in [4.69, 9.17) is 27.9 Å². The molecule has 0 fully saturated rings. The standard InChI is InChI=1S/C20H24Cl2N2O4S/c1-4-24(5-2)29(26,27)17-9-6-15(7-10-17)14(3)23-20(25)13-28-19-11-8-16(21)12-18(19)22/h6-12,14H,4-5,13H2,1-3H3,(H,23,25). The van der Waals surface area contributed by atoms with Crippen molar-refractivity contribution in [2.75, 3.05) is 19.7 Å². The van der Waals surface area contributed by atoms with Crippen LogP contribution in [0.15, 0.2) is 47.4 Å². The lowest BCUT2D eigenvalue weighted by Crippen LogP contribution is -2.31. The van der Waals surface area contributed by atoms with Gasteiger partial charge in [-0.2, -0.15) is 4.31 Å². The maximum atomic E-state index is 12.5. The first-order valence-electron chi connectivity index (χ1n) is 9.16. The van der Waals surface area contributed by atoms with Crippen LogP contribution in [-0.4, -0.2) is 38.3 Å². The minimum Gasteiger partial charge on any atom is -0.482 e. The fourth-order valence-electron chi connectivity index (χ4n) is 2.74. The average Bonchev–Trinajstić information content (AvgIpc) is 2.68. The van der Waals surface area contributed by atoms with Crippen LogP contribution in [0, 0.1) is 0 Å². The molecule has 0 aromatic heterocycles. The van der Waals surface area contributed by atoms with Crippen LogP contribution < -0.4 is 10.1 Å². The van der Waals surface area contributed by atoms with Crippen molar-refractivity contribution >= 4 is 39.1 Å². The van der Waals surface area contributed by atoms with E-state index in [2.05, 4.69) is 5.32 Å². The number of halogens is 2. The van der Waals surface area contributed by atoms with Gasteiger partial charge in [-0.15, -0.1) is 0 Å². The van der Waals surface area contributed by atoms with E-state index in [1.807, 2.05) is 0 Å². The highest BCUT2D eigenvalue weighted by molar-refractivity contribution is 7.89. The number of benzene rings is 2. The summed E-state index contributed by atoms with van der Waals surface area (Å²) in [6, 6.07) is 10.9. The maximum Gasteiger partial charge on any atom is 0.258 e. The van der Waals surface area contributed by atoms with Crippen LogP contribution in [0.1, 0.15) is 32.4 Å². The molecule has 0 saturated carbocycles. The summed E-state index contributed by atoms with van der Waals surface area (Å²) in [6.07, 6.45) is 0. The van der Waals surface area contributed by atoms with Crippen LogP contribution >= 0.6 is 23.2 Å². The van der Waals surface area contributed by atoms with Crippen molar-refractivity contribution in [3.05, 3.63) is 58.1 Å². The molecule has 1 amide bonds. The first kappa shape index (κ1) is 23.5. The first-order valence-corrected chi connectivity index (χ1v) is 11.4. The predicted octanol–water partition coefficient (Wildman–Crippen LogP) is 4.28. The van der Waals surface area contributed by atoms with Crippen molar-refractivity contribution in [3.63, 3.8) is 0 Å². The molecule has 158 valence electrons. The van der Waals surface area contributed by atoms with Crippen LogP contribution in [0.25, 0.3) is 0 Å². The lowest BCUT2D eigenvalue weighted by atomic mass is 10.1. The fourth-order valence-corrected chi connectivity index (χ4v) is 4.66. The lowest BCUT2D eigenvalue weighted by Gasteiger charge is -2.19. The molecule has 2 aromatic rings. The predicted molar refractivity (Wildman–Crippen MR) is 115 cm³/mol. The van der Waals surface area contributed by atoms with E-state index in [0.717, 1.165) is 5.56 Å². The van der Waals surface area contributed by atoms with Gasteiger partial charge in [0.1, 0.15) is 5.75 Å². The molecule has 0 aliphatic heterocycles. The topological polar surface area (TPSA) is 75.7 Å². The number of ether oxygens (including phenoxy) is 1. The van der Waals surface area contributed by atoms with E-state index in [9.17, 15) is 13.2 Å². The second-order valence-corrected chi connectivity index (χ2v) is 9.09. The van der Waals surface area contributed by atoms with Gasteiger partial charge in [0.15, 0.2) is 6.61 Å². The number of carbonyl (C=O) groups excluding carboxylic acids is 1. The molecule has 1 atom stereocenters. The summed E-state index contributed by atoms with van der Waals surface area (Å²) < 4.78 is 31.9. The van der Waals surface area contributed by atoms with E-state index in [1.54, 1.807) is 57.2 Å². The Bertz CT molecular complexity index is 945. The van der Waals surface area contributed by atoms with E-state index in [0.29, 0.717) is 28.9 Å². The summed E-state index contributed by atoms with van der Waals surface area (Å²) in [6.45, 7) is 6.01. The Morgan fingerprint density at radius 3 is 2.28 bits per heavy atom. The van der Waals surface area contributed by atoms with Gasteiger partial charge in [0.2, 0.25) is 10.0 Å². The molecule has 6 nitrogen and oxygen atoms in total. The normalized spacial score (nSPS) is 12.6. The number of nitrogens with zero attached hydrogens (tertiary/aromatic N) is 1. The number of hydrogen-bond acceptors (Lipinski definition) is 4. The van der Waals surface area contributed by atoms with E-state index >= 15 is 0 Å². The quantitative estimate of drug-likeness (QED) is 0.608. The Hall–Kier alpha value is -1.80. The molecule has 0 aliphatic rings. The van der Waals surface area contributed by atoms with Gasteiger partial charge >= 0.3 is 0 Å². The smallest absolute Gasteiger partial charge is 0.258 e. The minimum absolute atomic E-state index is 0.208. The molecule has 0 heterocycles. The Morgan fingerprint density at radius 2 is 1.72 bits per heavy atom. The number of amides is 1. The summed E-state index contributed by atoms with van der Waals surface area (Å²) in [5, 5.41) is 3.61. The number of sulfonamides is 1. The number of carbonyl (C=O) groups is 1. The minimum atomic E-state index is -3.51. The molecular formula is C20H24Cl2N2O4S. The van der Waals surface area contributed by atoms with Gasteiger partial charge in [0, 0.05) is 18.1 Å². The molecule has 1 unspecified atom stereocenters. The molecule has 29 heavy (non-hydrogen) atoms. The Morgan fingerprint density at radius 1 is 1.10 bits per heavy atom. The Kier molecular flexibility index (Phi) is 8.34. The number of hydrogen-bond donors (Lipinski definition) is 1. The van der Waals surface area contributed by atoms with Crippen LogP contribution in [0.4, 0.5) is 0 Å². The SMILES string of the molecule is CCN(CC)S(=O)(=O)c1ccc(C(C)NC(=O)COc2ccc(Cl)cc2Cl)cc1. The highest BCUT2D eigenvalue weighted by atomic mass is 35.5. The maximum absolute atomic E-state index is 12.5. The molecule has 0 spiro atoms. The van der Waals surface area contributed by atoms with Crippen LogP contribution in [0.5, 0.6) is 5.75 Å². The molecule has 0 aliphatic carbocycles.